The van der Waals surface area contributed by atoms with Gasteiger partial charge in [0.15, 0.2) is 0 Å². The first kappa shape index (κ1) is 13.9. The van der Waals surface area contributed by atoms with Gasteiger partial charge in [-0.3, -0.25) is 0 Å². The minimum absolute atomic E-state index is 0.0601. The number of rotatable bonds is 3. The van der Waals surface area contributed by atoms with Gasteiger partial charge in [0.05, 0.1) is 11.4 Å². The Balaban J connectivity index is 2.25. The minimum atomic E-state index is -3.80. The van der Waals surface area contributed by atoms with E-state index in [0.717, 1.165) is 9.87 Å². The second kappa shape index (κ2) is 4.86. The van der Waals surface area contributed by atoms with Crippen molar-refractivity contribution in [3.05, 3.63) is 29.8 Å². The van der Waals surface area contributed by atoms with Crippen molar-refractivity contribution in [3.63, 3.8) is 0 Å². The standard InChI is InChI=1S/C11H12BrF2NO2S/c12-7-9-1-3-10(4-2-9)18(16,17)15-6-5-11(13,14)8-15/h1-4H,5-8H2. The predicted molar refractivity (Wildman–Crippen MR) is 67.4 cm³/mol. The van der Waals surface area contributed by atoms with Gasteiger partial charge in [0.2, 0.25) is 10.0 Å². The summed E-state index contributed by atoms with van der Waals surface area (Å²) in [4.78, 5) is 0.0601. The van der Waals surface area contributed by atoms with Gasteiger partial charge in [0, 0.05) is 18.3 Å². The molecule has 0 unspecified atom stereocenters. The molecule has 7 heteroatoms. The topological polar surface area (TPSA) is 37.4 Å². The summed E-state index contributed by atoms with van der Waals surface area (Å²) < 4.78 is 51.1. The highest BCUT2D eigenvalue weighted by Crippen LogP contribution is 2.31. The van der Waals surface area contributed by atoms with Crippen molar-refractivity contribution in [3.8, 4) is 0 Å². The first-order valence-corrected chi connectivity index (χ1v) is 7.94. The molecule has 1 aliphatic rings. The van der Waals surface area contributed by atoms with Crippen LogP contribution in [0, 0.1) is 0 Å². The average Bonchev–Trinajstić information content (AvgIpc) is 2.70. The summed E-state index contributed by atoms with van der Waals surface area (Å²) >= 11 is 3.25. The number of alkyl halides is 3. The van der Waals surface area contributed by atoms with E-state index < -0.39 is 28.9 Å². The van der Waals surface area contributed by atoms with E-state index in [0.29, 0.717) is 5.33 Å². The van der Waals surface area contributed by atoms with Gasteiger partial charge in [-0.05, 0) is 17.7 Å². The molecule has 0 saturated carbocycles. The van der Waals surface area contributed by atoms with E-state index in [4.69, 9.17) is 0 Å². The molecule has 3 nitrogen and oxygen atoms in total. The molecule has 1 aromatic rings. The lowest BCUT2D eigenvalue weighted by molar-refractivity contribution is 0.0183. The van der Waals surface area contributed by atoms with Gasteiger partial charge >= 0.3 is 0 Å². The van der Waals surface area contributed by atoms with Crippen LogP contribution in [0.1, 0.15) is 12.0 Å². The zero-order valence-corrected chi connectivity index (χ0v) is 11.8. The predicted octanol–water partition coefficient (Wildman–Crippen LogP) is 2.61. The van der Waals surface area contributed by atoms with E-state index in [9.17, 15) is 17.2 Å². The zero-order chi connectivity index (χ0) is 13.4. The third-order valence-corrected chi connectivity index (χ3v) is 5.36. The Bertz CT molecular complexity index is 530. The van der Waals surface area contributed by atoms with Gasteiger partial charge in [0.1, 0.15) is 0 Å². The molecule has 1 fully saturated rings. The van der Waals surface area contributed by atoms with E-state index in [1.54, 1.807) is 12.1 Å². The van der Waals surface area contributed by atoms with Crippen molar-refractivity contribution >= 4 is 26.0 Å². The second-order valence-electron chi connectivity index (χ2n) is 4.22. The Labute approximate surface area is 113 Å². The van der Waals surface area contributed by atoms with Crippen LogP contribution in [0.3, 0.4) is 0 Å². The van der Waals surface area contributed by atoms with Crippen LogP contribution in [-0.4, -0.2) is 31.7 Å². The van der Waals surface area contributed by atoms with E-state index in [1.165, 1.54) is 12.1 Å². The first-order valence-electron chi connectivity index (χ1n) is 5.38. The highest BCUT2D eigenvalue weighted by atomic mass is 79.9. The molecule has 1 aromatic carbocycles. The van der Waals surface area contributed by atoms with Crippen LogP contribution in [0.15, 0.2) is 29.2 Å². The van der Waals surface area contributed by atoms with Gasteiger partial charge in [-0.2, -0.15) is 4.31 Å². The molecule has 0 aromatic heterocycles. The molecule has 100 valence electrons. The summed E-state index contributed by atoms with van der Waals surface area (Å²) in [5.41, 5.74) is 0.931. The lowest BCUT2D eigenvalue weighted by Crippen LogP contribution is -2.31. The maximum absolute atomic E-state index is 13.0. The van der Waals surface area contributed by atoms with Gasteiger partial charge in [-0.25, -0.2) is 17.2 Å². The monoisotopic (exact) mass is 339 g/mol. The Hall–Kier alpha value is -0.530. The SMILES string of the molecule is O=S(=O)(c1ccc(CBr)cc1)N1CCC(F)(F)C1. The highest BCUT2D eigenvalue weighted by Gasteiger charge is 2.43. The number of nitrogens with zero attached hydrogens (tertiary/aromatic N) is 1. The van der Waals surface area contributed by atoms with E-state index in [1.807, 2.05) is 0 Å². The summed E-state index contributed by atoms with van der Waals surface area (Å²) in [6, 6.07) is 6.22. The van der Waals surface area contributed by atoms with Crippen molar-refractivity contribution in [2.45, 2.75) is 22.6 Å². The molecule has 2 rings (SSSR count). The molecule has 1 saturated heterocycles. The summed E-state index contributed by atoms with van der Waals surface area (Å²) in [7, 11) is -3.80. The van der Waals surface area contributed by atoms with Crippen LogP contribution in [0.5, 0.6) is 0 Å². The number of hydrogen-bond acceptors (Lipinski definition) is 2. The zero-order valence-electron chi connectivity index (χ0n) is 9.44. The van der Waals surface area contributed by atoms with E-state index in [-0.39, 0.29) is 11.4 Å². The minimum Gasteiger partial charge on any atom is -0.207 e. The Morgan fingerprint density at radius 1 is 1.28 bits per heavy atom. The molecule has 18 heavy (non-hydrogen) atoms. The molecule has 0 amide bonds. The highest BCUT2D eigenvalue weighted by molar-refractivity contribution is 9.08. The largest absolute Gasteiger partial charge is 0.262 e. The van der Waals surface area contributed by atoms with Gasteiger partial charge in [-0.1, -0.05) is 28.1 Å². The normalized spacial score (nSPS) is 20.2. The number of benzene rings is 1. The number of hydrogen-bond donors (Lipinski definition) is 0. The van der Waals surface area contributed by atoms with Crippen molar-refractivity contribution in [2.24, 2.45) is 0 Å². The number of sulfonamides is 1. The second-order valence-corrected chi connectivity index (χ2v) is 6.72. The van der Waals surface area contributed by atoms with Crippen molar-refractivity contribution < 1.29 is 17.2 Å². The molecular weight excluding hydrogens is 328 g/mol. The fraction of sp³-hybridized carbons (Fsp3) is 0.455. The molecule has 0 radical (unpaired) electrons. The Kier molecular flexibility index (Phi) is 3.75. The summed E-state index contributed by atoms with van der Waals surface area (Å²) in [5, 5.41) is 0.620. The molecule has 1 aliphatic heterocycles. The van der Waals surface area contributed by atoms with Crippen LogP contribution in [-0.2, 0) is 15.4 Å². The fourth-order valence-electron chi connectivity index (χ4n) is 1.81. The van der Waals surface area contributed by atoms with Crippen LogP contribution in [0.2, 0.25) is 0 Å². The Morgan fingerprint density at radius 2 is 1.89 bits per heavy atom. The molecule has 0 aliphatic carbocycles. The van der Waals surface area contributed by atoms with Crippen molar-refractivity contribution in [1.29, 1.82) is 0 Å². The van der Waals surface area contributed by atoms with Gasteiger partial charge in [-0.15, -0.1) is 0 Å². The quantitative estimate of drug-likeness (QED) is 0.794. The summed E-state index contributed by atoms with van der Waals surface area (Å²) in [6.45, 7) is -0.856. The summed E-state index contributed by atoms with van der Waals surface area (Å²) in [6.07, 6.45) is -0.411. The van der Waals surface area contributed by atoms with Crippen LogP contribution in [0.4, 0.5) is 8.78 Å². The van der Waals surface area contributed by atoms with Crippen LogP contribution < -0.4 is 0 Å². The third kappa shape index (κ3) is 2.73. The molecule has 0 spiro atoms. The summed E-state index contributed by atoms with van der Waals surface area (Å²) in [5.74, 6) is -2.91. The van der Waals surface area contributed by atoms with Gasteiger partial charge < -0.3 is 0 Å². The average molecular weight is 340 g/mol. The molecule has 0 bridgehead atoms. The van der Waals surface area contributed by atoms with Crippen molar-refractivity contribution in [2.75, 3.05) is 13.1 Å². The molecule has 1 heterocycles. The molecular formula is C11H12BrF2NO2S. The first-order chi connectivity index (χ1) is 8.35. The lowest BCUT2D eigenvalue weighted by atomic mass is 10.2. The van der Waals surface area contributed by atoms with E-state index in [2.05, 4.69) is 15.9 Å². The van der Waals surface area contributed by atoms with E-state index >= 15 is 0 Å². The fourth-order valence-corrected chi connectivity index (χ4v) is 3.65. The van der Waals surface area contributed by atoms with Crippen LogP contribution in [0.25, 0.3) is 0 Å². The molecule has 0 N–H and O–H groups in total. The van der Waals surface area contributed by atoms with Crippen molar-refractivity contribution in [1.82, 2.24) is 4.31 Å². The number of halogens is 3. The lowest BCUT2D eigenvalue weighted by Gasteiger charge is -2.16. The van der Waals surface area contributed by atoms with Gasteiger partial charge in [0.25, 0.3) is 5.92 Å². The Morgan fingerprint density at radius 3 is 2.33 bits per heavy atom. The maximum Gasteiger partial charge on any atom is 0.262 e. The smallest absolute Gasteiger partial charge is 0.207 e. The molecule has 0 atom stereocenters. The maximum atomic E-state index is 13.0. The third-order valence-electron chi connectivity index (χ3n) is 2.85. The van der Waals surface area contributed by atoms with Crippen LogP contribution >= 0.6 is 15.9 Å².